The third kappa shape index (κ3) is 4.14. The average Bonchev–Trinajstić information content (AvgIpc) is 3.15. The van der Waals surface area contributed by atoms with Gasteiger partial charge in [-0.3, -0.25) is 9.52 Å². The first kappa shape index (κ1) is 20.2. The van der Waals surface area contributed by atoms with Crippen molar-refractivity contribution in [2.75, 3.05) is 17.8 Å². The number of likely N-dealkylation sites (tertiary alicyclic amines) is 1. The van der Waals surface area contributed by atoms with E-state index in [1.165, 1.54) is 30.3 Å². The van der Waals surface area contributed by atoms with E-state index in [-0.39, 0.29) is 16.4 Å². The predicted molar refractivity (Wildman–Crippen MR) is 98.6 cm³/mol. The fourth-order valence-corrected chi connectivity index (χ4v) is 4.22. The second-order valence-corrected chi connectivity index (χ2v) is 8.31. The topological polar surface area (TPSA) is 66.5 Å². The van der Waals surface area contributed by atoms with E-state index in [1.54, 1.807) is 11.8 Å². The summed E-state index contributed by atoms with van der Waals surface area (Å²) >= 11 is 0. The van der Waals surface area contributed by atoms with E-state index >= 15 is 0 Å². The molecule has 9 heteroatoms. The first-order valence-corrected chi connectivity index (χ1v) is 10.2. The molecule has 2 aromatic rings. The van der Waals surface area contributed by atoms with Gasteiger partial charge in [0.2, 0.25) is 0 Å². The molecule has 0 aliphatic carbocycles. The number of nitrogens with zero attached hydrogens (tertiary/aromatic N) is 1. The first-order chi connectivity index (χ1) is 13.1. The molecule has 0 saturated carbocycles. The Kier molecular flexibility index (Phi) is 5.38. The molecule has 1 saturated heterocycles. The van der Waals surface area contributed by atoms with Gasteiger partial charge in [0, 0.05) is 18.7 Å². The number of rotatable bonds is 4. The van der Waals surface area contributed by atoms with Crippen LogP contribution in [0.3, 0.4) is 0 Å². The van der Waals surface area contributed by atoms with Crippen molar-refractivity contribution in [2.45, 2.75) is 30.8 Å². The highest BCUT2D eigenvalue weighted by Crippen LogP contribution is 2.35. The molecular formula is C19H19F3N2O3S. The zero-order valence-corrected chi connectivity index (χ0v) is 15.9. The summed E-state index contributed by atoms with van der Waals surface area (Å²) in [5.41, 5.74) is -0.817. The number of carbonyl (C=O) groups is 1. The lowest BCUT2D eigenvalue weighted by Crippen LogP contribution is -2.28. The molecule has 0 radical (unpaired) electrons. The maximum absolute atomic E-state index is 13.1. The summed E-state index contributed by atoms with van der Waals surface area (Å²) in [6.07, 6.45) is -2.93. The Morgan fingerprint density at radius 3 is 2.36 bits per heavy atom. The predicted octanol–water partition coefficient (Wildman–Crippen LogP) is 4.05. The Hall–Kier alpha value is -2.55. The molecule has 0 unspecified atom stereocenters. The van der Waals surface area contributed by atoms with E-state index in [0.717, 1.165) is 25.0 Å². The molecule has 1 aliphatic heterocycles. The highest BCUT2D eigenvalue weighted by molar-refractivity contribution is 7.92. The smallest absolute Gasteiger partial charge is 0.339 e. The highest BCUT2D eigenvalue weighted by Gasteiger charge is 2.34. The molecular weight excluding hydrogens is 393 g/mol. The standard InChI is InChI=1S/C19H19F3N2O3S/c1-13-8-9-14(12-15(13)18(25)24-10-4-5-11-24)28(26,27)23-17-7-3-2-6-16(17)19(20,21)22/h2-3,6-9,12,23H,4-5,10-11H2,1H3. The van der Waals surface area contributed by atoms with Crippen molar-refractivity contribution >= 4 is 21.6 Å². The minimum atomic E-state index is -4.71. The average molecular weight is 412 g/mol. The van der Waals surface area contributed by atoms with Gasteiger partial charge in [-0.1, -0.05) is 18.2 Å². The molecule has 2 aromatic carbocycles. The lowest BCUT2D eigenvalue weighted by atomic mass is 10.1. The van der Waals surface area contributed by atoms with Crippen molar-refractivity contribution in [2.24, 2.45) is 0 Å². The van der Waals surface area contributed by atoms with Crippen LogP contribution in [-0.4, -0.2) is 32.3 Å². The van der Waals surface area contributed by atoms with Gasteiger partial charge < -0.3 is 4.90 Å². The number of hydrogen-bond donors (Lipinski definition) is 1. The molecule has 1 heterocycles. The monoisotopic (exact) mass is 412 g/mol. The number of para-hydroxylation sites is 1. The number of halogens is 3. The highest BCUT2D eigenvalue weighted by atomic mass is 32.2. The molecule has 1 aliphatic rings. The van der Waals surface area contributed by atoms with Crippen LogP contribution in [0, 0.1) is 6.92 Å². The van der Waals surface area contributed by atoms with Crippen molar-refractivity contribution in [3.05, 3.63) is 59.2 Å². The molecule has 150 valence electrons. The number of hydrogen-bond acceptors (Lipinski definition) is 3. The summed E-state index contributed by atoms with van der Waals surface area (Å²) in [5.74, 6) is -0.275. The minimum absolute atomic E-state index is 0.230. The molecule has 1 N–H and O–H groups in total. The lowest BCUT2D eigenvalue weighted by molar-refractivity contribution is -0.136. The van der Waals surface area contributed by atoms with E-state index in [4.69, 9.17) is 0 Å². The van der Waals surface area contributed by atoms with Crippen LogP contribution in [-0.2, 0) is 16.2 Å². The number of anilines is 1. The van der Waals surface area contributed by atoms with Gasteiger partial charge in [0.15, 0.2) is 0 Å². The maximum Gasteiger partial charge on any atom is 0.418 e. The molecule has 1 amide bonds. The number of amides is 1. The lowest BCUT2D eigenvalue weighted by Gasteiger charge is -2.18. The van der Waals surface area contributed by atoms with Crippen molar-refractivity contribution < 1.29 is 26.4 Å². The Balaban J connectivity index is 1.95. The number of aryl methyl sites for hydroxylation is 1. The van der Waals surface area contributed by atoms with Crippen LogP contribution in [0.5, 0.6) is 0 Å². The summed E-state index contributed by atoms with van der Waals surface area (Å²) in [6, 6.07) is 8.31. The largest absolute Gasteiger partial charge is 0.418 e. The summed E-state index contributed by atoms with van der Waals surface area (Å²) in [5, 5.41) is 0. The molecule has 5 nitrogen and oxygen atoms in total. The summed E-state index contributed by atoms with van der Waals surface area (Å²) < 4.78 is 66.8. The molecule has 0 bridgehead atoms. The number of nitrogens with one attached hydrogen (secondary N) is 1. The third-order valence-corrected chi connectivity index (χ3v) is 5.98. The normalized spacial score (nSPS) is 14.9. The Labute approximate surface area is 161 Å². The van der Waals surface area contributed by atoms with Crippen molar-refractivity contribution in [3.63, 3.8) is 0 Å². The fourth-order valence-electron chi connectivity index (χ4n) is 3.11. The second kappa shape index (κ2) is 7.46. The van der Waals surface area contributed by atoms with Crippen molar-refractivity contribution in [1.29, 1.82) is 0 Å². The third-order valence-electron chi connectivity index (χ3n) is 4.62. The van der Waals surface area contributed by atoms with Crippen LogP contribution in [0.2, 0.25) is 0 Å². The molecule has 28 heavy (non-hydrogen) atoms. The van der Waals surface area contributed by atoms with Gasteiger partial charge >= 0.3 is 6.18 Å². The fraction of sp³-hybridized carbons (Fsp3) is 0.316. The van der Waals surface area contributed by atoms with Crippen molar-refractivity contribution in [1.82, 2.24) is 4.90 Å². The number of benzene rings is 2. The molecule has 0 atom stereocenters. The molecule has 1 fully saturated rings. The number of alkyl halides is 3. The van der Waals surface area contributed by atoms with Gasteiger partial charge in [-0.2, -0.15) is 13.2 Å². The summed E-state index contributed by atoms with van der Waals surface area (Å²) in [7, 11) is -4.31. The zero-order valence-electron chi connectivity index (χ0n) is 15.1. The quantitative estimate of drug-likeness (QED) is 0.824. The first-order valence-electron chi connectivity index (χ1n) is 8.68. The number of carbonyl (C=O) groups excluding carboxylic acids is 1. The zero-order chi connectivity index (χ0) is 20.5. The van der Waals surface area contributed by atoms with E-state index in [0.29, 0.717) is 18.7 Å². The minimum Gasteiger partial charge on any atom is -0.339 e. The van der Waals surface area contributed by atoms with Crippen molar-refractivity contribution in [3.8, 4) is 0 Å². The van der Waals surface area contributed by atoms with Crippen LogP contribution < -0.4 is 4.72 Å². The molecule has 3 rings (SSSR count). The Morgan fingerprint density at radius 1 is 1.07 bits per heavy atom. The van der Waals surface area contributed by atoms with Gasteiger partial charge in [0.25, 0.3) is 15.9 Å². The van der Waals surface area contributed by atoms with Gasteiger partial charge in [-0.15, -0.1) is 0 Å². The van der Waals surface area contributed by atoms with E-state index in [2.05, 4.69) is 0 Å². The van der Waals surface area contributed by atoms with Crippen LogP contribution in [0.1, 0.15) is 34.3 Å². The summed E-state index contributed by atoms with van der Waals surface area (Å²) in [6.45, 7) is 2.89. The van der Waals surface area contributed by atoms with Gasteiger partial charge in [-0.25, -0.2) is 8.42 Å². The van der Waals surface area contributed by atoms with Crippen LogP contribution in [0.25, 0.3) is 0 Å². The SMILES string of the molecule is Cc1ccc(S(=O)(=O)Nc2ccccc2C(F)(F)F)cc1C(=O)N1CCCC1. The van der Waals surface area contributed by atoms with Crippen LogP contribution in [0.15, 0.2) is 47.4 Å². The van der Waals surface area contributed by atoms with E-state index in [9.17, 15) is 26.4 Å². The summed E-state index contributed by atoms with van der Waals surface area (Å²) in [4.78, 5) is 14.0. The number of sulfonamides is 1. The van der Waals surface area contributed by atoms with Gasteiger partial charge in [0.05, 0.1) is 16.1 Å². The molecule has 0 aromatic heterocycles. The van der Waals surface area contributed by atoms with Crippen LogP contribution >= 0.6 is 0 Å². The molecule has 0 spiro atoms. The van der Waals surface area contributed by atoms with Crippen LogP contribution in [0.4, 0.5) is 18.9 Å². The second-order valence-electron chi connectivity index (χ2n) is 6.62. The van der Waals surface area contributed by atoms with E-state index < -0.39 is 27.5 Å². The maximum atomic E-state index is 13.1. The van der Waals surface area contributed by atoms with E-state index in [1.807, 2.05) is 4.72 Å². The van der Waals surface area contributed by atoms with Gasteiger partial charge in [0.1, 0.15) is 0 Å². The Bertz CT molecular complexity index is 998. The Morgan fingerprint density at radius 2 is 1.71 bits per heavy atom. The van der Waals surface area contributed by atoms with Gasteiger partial charge in [-0.05, 0) is 49.6 Å².